The second kappa shape index (κ2) is 4.53. The molecule has 0 bridgehead atoms. The number of aliphatic hydroxyl groups is 1. The van der Waals surface area contributed by atoms with E-state index < -0.39 is 12.1 Å². The van der Waals surface area contributed by atoms with E-state index in [2.05, 4.69) is 0 Å². The van der Waals surface area contributed by atoms with Crippen LogP contribution in [0.5, 0.6) is 5.75 Å². The Morgan fingerprint density at radius 2 is 2.31 bits per heavy atom. The van der Waals surface area contributed by atoms with Crippen molar-refractivity contribution in [1.82, 2.24) is 0 Å². The zero-order valence-corrected chi connectivity index (χ0v) is 8.85. The first-order chi connectivity index (χ1) is 7.65. The summed E-state index contributed by atoms with van der Waals surface area (Å²) in [7, 11) is 0. The number of fused-ring (bicyclic) bond motifs is 1. The molecule has 2 rings (SSSR count). The Bertz CT molecular complexity index is 400. The molecule has 0 aromatic heterocycles. The molecule has 0 radical (unpaired) electrons. The van der Waals surface area contributed by atoms with E-state index in [4.69, 9.17) is 9.84 Å². The van der Waals surface area contributed by atoms with Crippen LogP contribution in [0.1, 0.15) is 17.5 Å². The van der Waals surface area contributed by atoms with Crippen molar-refractivity contribution in [2.45, 2.75) is 25.4 Å². The monoisotopic (exact) mass is 222 g/mol. The van der Waals surface area contributed by atoms with Crippen molar-refractivity contribution in [2.24, 2.45) is 0 Å². The molecule has 0 fully saturated rings. The standard InChI is InChI=1S/C12H14O4/c13-10(7-12(14)15)6-8-1-2-11-9(5-8)3-4-16-11/h1-2,5,10,13H,3-4,6-7H2,(H,14,15). The van der Waals surface area contributed by atoms with Gasteiger partial charge in [-0.05, 0) is 23.6 Å². The molecule has 1 aliphatic rings. The molecule has 1 unspecified atom stereocenters. The van der Waals surface area contributed by atoms with Crippen molar-refractivity contribution >= 4 is 5.97 Å². The number of aliphatic carboxylic acids is 1. The van der Waals surface area contributed by atoms with Crippen LogP contribution in [-0.2, 0) is 17.6 Å². The fourth-order valence-corrected chi connectivity index (χ4v) is 1.91. The lowest BCUT2D eigenvalue weighted by Crippen LogP contribution is -2.15. The predicted molar refractivity (Wildman–Crippen MR) is 57.6 cm³/mol. The largest absolute Gasteiger partial charge is 0.493 e. The third kappa shape index (κ3) is 2.52. The highest BCUT2D eigenvalue weighted by atomic mass is 16.5. The predicted octanol–water partition coefficient (Wildman–Crippen LogP) is 1.000. The molecule has 1 aliphatic heterocycles. The molecule has 0 spiro atoms. The Morgan fingerprint density at radius 3 is 3.06 bits per heavy atom. The second-order valence-corrected chi connectivity index (χ2v) is 4.00. The number of benzene rings is 1. The molecule has 0 saturated carbocycles. The van der Waals surface area contributed by atoms with Crippen LogP contribution >= 0.6 is 0 Å². The van der Waals surface area contributed by atoms with Crippen LogP contribution in [-0.4, -0.2) is 28.9 Å². The molecule has 0 amide bonds. The Balaban J connectivity index is 2.02. The van der Waals surface area contributed by atoms with Gasteiger partial charge in [0.25, 0.3) is 0 Å². The lowest BCUT2D eigenvalue weighted by atomic mass is 10.0. The Labute approximate surface area is 93.5 Å². The van der Waals surface area contributed by atoms with Crippen LogP contribution in [0, 0.1) is 0 Å². The summed E-state index contributed by atoms with van der Waals surface area (Å²) in [4.78, 5) is 10.4. The Morgan fingerprint density at radius 1 is 1.50 bits per heavy atom. The maximum atomic E-state index is 10.4. The van der Waals surface area contributed by atoms with Crippen molar-refractivity contribution in [1.29, 1.82) is 0 Å². The molecule has 86 valence electrons. The van der Waals surface area contributed by atoms with Gasteiger partial charge >= 0.3 is 5.97 Å². The van der Waals surface area contributed by atoms with Gasteiger partial charge in [-0.2, -0.15) is 0 Å². The normalized spacial score (nSPS) is 15.3. The van der Waals surface area contributed by atoms with Crippen molar-refractivity contribution in [3.8, 4) is 5.75 Å². The van der Waals surface area contributed by atoms with Gasteiger partial charge in [0.1, 0.15) is 5.75 Å². The average Bonchev–Trinajstić information content (AvgIpc) is 2.63. The molecule has 1 aromatic rings. The molecule has 1 heterocycles. The van der Waals surface area contributed by atoms with E-state index in [0.29, 0.717) is 13.0 Å². The molecular weight excluding hydrogens is 208 g/mol. The van der Waals surface area contributed by atoms with E-state index in [9.17, 15) is 9.90 Å². The van der Waals surface area contributed by atoms with E-state index in [1.807, 2.05) is 18.2 Å². The molecule has 1 atom stereocenters. The summed E-state index contributed by atoms with van der Waals surface area (Å²) < 4.78 is 5.37. The SMILES string of the molecule is O=C(O)CC(O)Cc1ccc2c(c1)CCO2. The number of carboxylic acid groups (broad SMARTS) is 1. The smallest absolute Gasteiger partial charge is 0.305 e. The van der Waals surface area contributed by atoms with E-state index in [1.165, 1.54) is 0 Å². The molecule has 4 heteroatoms. The molecule has 16 heavy (non-hydrogen) atoms. The summed E-state index contributed by atoms with van der Waals surface area (Å²) in [5.74, 6) is -0.0755. The van der Waals surface area contributed by atoms with E-state index in [1.54, 1.807) is 0 Å². The summed E-state index contributed by atoms with van der Waals surface area (Å²) >= 11 is 0. The number of carbonyl (C=O) groups is 1. The first kappa shape index (κ1) is 11.0. The number of aliphatic hydroxyl groups excluding tert-OH is 1. The van der Waals surface area contributed by atoms with Crippen LogP contribution in [0.25, 0.3) is 0 Å². The molecule has 1 aromatic carbocycles. The van der Waals surface area contributed by atoms with Crippen LogP contribution < -0.4 is 4.74 Å². The lowest BCUT2D eigenvalue weighted by molar-refractivity contribution is -0.139. The first-order valence-corrected chi connectivity index (χ1v) is 5.29. The van der Waals surface area contributed by atoms with E-state index >= 15 is 0 Å². The van der Waals surface area contributed by atoms with Gasteiger partial charge in [-0.25, -0.2) is 0 Å². The minimum absolute atomic E-state index is 0.215. The quantitative estimate of drug-likeness (QED) is 0.797. The number of rotatable bonds is 4. The fraction of sp³-hybridized carbons (Fsp3) is 0.417. The molecular formula is C12H14O4. The van der Waals surface area contributed by atoms with Crippen LogP contribution in [0.4, 0.5) is 0 Å². The van der Waals surface area contributed by atoms with Crippen molar-refractivity contribution in [3.05, 3.63) is 29.3 Å². The number of hydrogen-bond donors (Lipinski definition) is 2. The van der Waals surface area contributed by atoms with Gasteiger partial charge in [-0.3, -0.25) is 4.79 Å². The number of ether oxygens (including phenoxy) is 1. The molecule has 0 aliphatic carbocycles. The summed E-state index contributed by atoms with van der Waals surface area (Å²) in [6.45, 7) is 0.705. The van der Waals surface area contributed by atoms with E-state index in [-0.39, 0.29) is 6.42 Å². The average molecular weight is 222 g/mol. The van der Waals surface area contributed by atoms with Gasteiger partial charge in [0.05, 0.1) is 19.1 Å². The Kier molecular flexibility index (Phi) is 3.10. The van der Waals surface area contributed by atoms with Crippen LogP contribution in [0.15, 0.2) is 18.2 Å². The van der Waals surface area contributed by atoms with Gasteiger partial charge in [-0.1, -0.05) is 12.1 Å². The summed E-state index contributed by atoms with van der Waals surface area (Å²) in [5.41, 5.74) is 2.10. The minimum Gasteiger partial charge on any atom is -0.493 e. The van der Waals surface area contributed by atoms with Gasteiger partial charge < -0.3 is 14.9 Å². The maximum absolute atomic E-state index is 10.4. The Hall–Kier alpha value is -1.55. The zero-order valence-electron chi connectivity index (χ0n) is 8.85. The minimum atomic E-state index is -0.975. The summed E-state index contributed by atoms with van der Waals surface area (Å²) in [6, 6.07) is 5.73. The fourth-order valence-electron chi connectivity index (χ4n) is 1.91. The van der Waals surface area contributed by atoms with Crippen LogP contribution in [0.3, 0.4) is 0 Å². The lowest BCUT2D eigenvalue weighted by Gasteiger charge is -2.08. The topological polar surface area (TPSA) is 66.8 Å². The van der Waals surface area contributed by atoms with E-state index in [0.717, 1.165) is 23.3 Å². The first-order valence-electron chi connectivity index (χ1n) is 5.29. The highest BCUT2D eigenvalue weighted by molar-refractivity contribution is 5.67. The molecule has 0 saturated heterocycles. The highest BCUT2D eigenvalue weighted by Gasteiger charge is 2.14. The number of hydrogen-bond acceptors (Lipinski definition) is 3. The molecule has 4 nitrogen and oxygen atoms in total. The van der Waals surface area contributed by atoms with Gasteiger partial charge in [0, 0.05) is 6.42 Å². The van der Waals surface area contributed by atoms with Gasteiger partial charge in [0.2, 0.25) is 0 Å². The molecule has 2 N–H and O–H groups in total. The number of carboxylic acids is 1. The summed E-state index contributed by atoms with van der Waals surface area (Å²) in [6.07, 6.45) is 0.226. The van der Waals surface area contributed by atoms with Crippen molar-refractivity contribution in [2.75, 3.05) is 6.61 Å². The highest BCUT2D eigenvalue weighted by Crippen LogP contribution is 2.26. The zero-order chi connectivity index (χ0) is 11.5. The summed E-state index contributed by atoms with van der Waals surface area (Å²) in [5, 5.41) is 18.0. The van der Waals surface area contributed by atoms with Gasteiger partial charge in [-0.15, -0.1) is 0 Å². The van der Waals surface area contributed by atoms with Gasteiger partial charge in [0.15, 0.2) is 0 Å². The maximum Gasteiger partial charge on any atom is 0.305 e. The third-order valence-electron chi connectivity index (χ3n) is 2.64. The van der Waals surface area contributed by atoms with Crippen LogP contribution in [0.2, 0.25) is 0 Å². The van der Waals surface area contributed by atoms with Crippen molar-refractivity contribution in [3.63, 3.8) is 0 Å². The second-order valence-electron chi connectivity index (χ2n) is 4.00. The third-order valence-corrected chi connectivity index (χ3v) is 2.64. The van der Waals surface area contributed by atoms with Crippen molar-refractivity contribution < 1.29 is 19.7 Å².